The van der Waals surface area contributed by atoms with Crippen LogP contribution in [-0.2, 0) is 4.79 Å². The van der Waals surface area contributed by atoms with Crippen molar-refractivity contribution in [1.82, 2.24) is 0 Å². The van der Waals surface area contributed by atoms with E-state index in [0.717, 1.165) is 19.4 Å². The monoisotopic (exact) mass is 128 g/mol. The molecule has 2 nitrogen and oxygen atoms in total. The van der Waals surface area contributed by atoms with E-state index in [1.165, 1.54) is 6.08 Å². The van der Waals surface area contributed by atoms with Gasteiger partial charge in [0.05, 0.1) is 6.54 Å². The Morgan fingerprint density at radius 3 is 2.67 bits per heavy atom. The minimum atomic E-state index is 0.142. The van der Waals surface area contributed by atoms with Crippen LogP contribution in [0, 0.1) is 0 Å². The number of ketones is 1. The number of quaternary nitrogens is 1. The molecule has 0 aliphatic rings. The molecule has 0 aromatic rings. The summed E-state index contributed by atoms with van der Waals surface area (Å²) in [6.07, 6.45) is 4.01. The zero-order chi connectivity index (χ0) is 7.11. The van der Waals surface area contributed by atoms with Crippen LogP contribution in [0.15, 0.2) is 12.7 Å². The first-order valence-electron chi connectivity index (χ1n) is 3.25. The summed E-state index contributed by atoms with van der Waals surface area (Å²) < 4.78 is 0. The molecule has 0 spiro atoms. The summed E-state index contributed by atoms with van der Waals surface area (Å²) in [5.74, 6) is 0.142. The van der Waals surface area contributed by atoms with Crippen molar-refractivity contribution in [1.29, 1.82) is 0 Å². The average molecular weight is 128 g/mol. The lowest BCUT2D eigenvalue weighted by molar-refractivity contribution is -0.368. The van der Waals surface area contributed by atoms with E-state index >= 15 is 0 Å². The van der Waals surface area contributed by atoms with Gasteiger partial charge in [-0.15, -0.1) is 0 Å². The van der Waals surface area contributed by atoms with Gasteiger partial charge in [-0.25, -0.2) is 0 Å². The number of allylic oxidation sites excluding steroid dienone is 1. The first kappa shape index (κ1) is 8.37. The van der Waals surface area contributed by atoms with Gasteiger partial charge in [-0.3, -0.25) is 4.79 Å². The van der Waals surface area contributed by atoms with Crippen molar-refractivity contribution in [2.75, 3.05) is 6.54 Å². The lowest BCUT2D eigenvalue weighted by atomic mass is 10.2. The van der Waals surface area contributed by atoms with Gasteiger partial charge < -0.3 is 5.73 Å². The minimum absolute atomic E-state index is 0.142. The van der Waals surface area contributed by atoms with Crippen molar-refractivity contribution in [2.24, 2.45) is 0 Å². The van der Waals surface area contributed by atoms with Crippen LogP contribution in [-0.4, -0.2) is 12.3 Å². The Hall–Kier alpha value is -0.630. The van der Waals surface area contributed by atoms with Crippen LogP contribution in [0.2, 0.25) is 0 Å². The highest BCUT2D eigenvalue weighted by molar-refractivity contribution is 5.88. The topological polar surface area (TPSA) is 44.7 Å². The molecule has 0 fully saturated rings. The van der Waals surface area contributed by atoms with Crippen LogP contribution in [0.4, 0.5) is 0 Å². The Balaban J connectivity index is 3.07. The molecule has 0 saturated carbocycles. The lowest BCUT2D eigenvalue weighted by Gasteiger charge is -1.90. The predicted molar refractivity (Wildman–Crippen MR) is 36.8 cm³/mol. The Bertz CT molecular complexity index is 99.1. The number of hydrogen-bond donors (Lipinski definition) is 1. The average Bonchev–Trinajstić information content (AvgIpc) is 1.89. The van der Waals surface area contributed by atoms with E-state index in [1.807, 2.05) is 0 Å². The van der Waals surface area contributed by atoms with E-state index in [0.29, 0.717) is 6.42 Å². The summed E-state index contributed by atoms with van der Waals surface area (Å²) in [6, 6.07) is 0. The predicted octanol–water partition coefficient (Wildman–Crippen LogP) is 0.154. The smallest absolute Gasteiger partial charge is 0.155 e. The number of rotatable bonds is 5. The summed E-state index contributed by atoms with van der Waals surface area (Å²) in [7, 11) is 0. The van der Waals surface area contributed by atoms with Crippen LogP contribution >= 0.6 is 0 Å². The molecule has 0 radical (unpaired) electrons. The SMILES string of the molecule is C=CC(=O)CCCC[NH3+]. The third-order valence-corrected chi connectivity index (χ3v) is 1.15. The van der Waals surface area contributed by atoms with Gasteiger partial charge in [-0.1, -0.05) is 6.58 Å². The summed E-state index contributed by atoms with van der Waals surface area (Å²) in [4.78, 5) is 10.5. The largest absolute Gasteiger partial charge is 0.358 e. The number of carbonyl (C=O) groups is 1. The molecule has 3 N–H and O–H groups in total. The Labute approximate surface area is 55.7 Å². The van der Waals surface area contributed by atoms with Crippen LogP contribution in [0.5, 0.6) is 0 Å². The van der Waals surface area contributed by atoms with Crippen molar-refractivity contribution in [2.45, 2.75) is 19.3 Å². The van der Waals surface area contributed by atoms with Gasteiger partial charge in [0.1, 0.15) is 0 Å². The minimum Gasteiger partial charge on any atom is -0.358 e. The van der Waals surface area contributed by atoms with E-state index in [2.05, 4.69) is 12.3 Å². The molecule has 0 aromatic carbocycles. The zero-order valence-electron chi connectivity index (χ0n) is 5.73. The normalized spacial score (nSPS) is 9.00. The highest BCUT2D eigenvalue weighted by Gasteiger charge is 1.93. The van der Waals surface area contributed by atoms with E-state index in [9.17, 15) is 4.79 Å². The van der Waals surface area contributed by atoms with E-state index in [-0.39, 0.29) is 5.78 Å². The van der Waals surface area contributed by atoms with Crippen LogP contribution in [0.25, 0.3) is 0 Å². The molecule has 0 amide bonds. The Kier molecular flexibility index (Phi) is 5.12. The van der Waals surface area contributed by atoms with Gasteiger partial charge in [0.25, 0.3) is 0 Å². The molecule has 0 aromatic heterocycles. The van der Waals surface area contributed by atoms with Gasteiger partial charge in [0.2, 0.25) is 0 Å². The summed E-state index contributed by atoms with van der Waals surface area (Å²) in [5.41, 5.74) is 3.67. The first-order valence-corrected chi connectivity index (χ1v) is 3.25. The fraction of sp³-hybridized carbons (Fsp3) is 0.571. The molecule has 0 rings (SSSR count). The van der Waals surface area contributed by atoms with Crippen LogP contribution < -0.4 is 5.73 Å². The van der Waals surface area contributed by atoms with Crippen molar-refractivity contribution < 1.29 is 10.5 Å². The molecule has 0 unspecified atom stereocenters. The second-order valence-corrected chi connectivity index (χ2v) is 1.98. The second kappa shape index (κ2) is 5.51. The fourth-order valence-corrected chi connectivity index (χ4v) is 0.578. The summed E-state index contributed by atoms with van der Waals surface area (Å²) in [5, 5.41) is 0. The van der Waals surface area contributed by atoms with Crippen LogP contribution in [0.1, 0.15) is 19.3 Å². The molecular weight excluding hydrogens is 114 g/mol. The molecular formula is C7H14NO+. The van der Waals surface area contributed by atoms with Gasteiger partial charge in [-0.05, 0) is 18.9 Å². The summed E-state index contributed by atoms with van der Waals surface area (Å²) in [6.45, 7) is 4.30. The van der Waals surface area contributed by atoms with Crippen molar-refractivity contribution in [3.63, 3.8) is 0 Å². The molecule has 9 heavy (non-hydrogen) atoms. The fourth-order valence-electron chi connectivity index (χ4n) is 0.578. The molecule has 0 saturated heterocycles. The summed E-state index contributed by atoms with van der Waals surface area (Å²) >= 11 is 0. The maximum absolute atomic E-state index is 10.5. The molecule has 0 aliphatic carbocycles. The molecule has 0 heterocycles. The molecule has 0 atom stereocenters. The molecule has 0 aliphatic heterocycles. The quantitative estimate of drug-likeness (QED) is 0.416. The van der Waals surface area contributed by atoms with E-state index < -0.39 is 0 Å². The second-order valence-electron chi connectivity index (χ2n) is 1.98. The van der Waals surface area contributed by atoms with Crippen molar-refractivity contribution in [3.05, 3.63) is 12.7 Å². The third kappa shape index (κ3) is 5.24. The van der Waals surface area contributed by atoms with Gasteiger partial charge >= 0.3 is 0 Å². The van der Waals surface area contributed by atoms with Gasteiger partial charge in [0, 0.05) is 6.42 Å². The third-order valence-electron chi connectivity index (χ3n) is 1.15. The first-order chi connectivity index (χ1) is 4.31. The number of carbonyl (C=O) groups excluding carboxylic acids is 1. The molecule has 2 heteroatoms. The highest BCUT2D eigenvalue weighted by Crippen LogP contribution is 1.93. The van der Waals surface area contributed by atoms with Crippen molar-refractivity contribution in [3.8, 4) is 0 Å². The maximum Gasteiger partial charge on any atom is 0.155 e. The Morgan fingerprint density at radius 2 is 2.22 bits per heavy atom. The molecule has 52 valence electrons. The maximum atomic E-state index is 10.5. The van der Waals surface area contributed by atoms with Crippen LogP contribution in [0.3, 0.4) is 0 Å². The van der Waals surface area contributed by atoms with E-state index in [4.69, 9.17) is 0 Å². The lowest BCUT2D eigenvalue weighted by Crippen LogP contribution is -2.50. The van der Waals surface area contributed by atoms with Gasteiger partial charge in [-0.2, -0.15) is 0 Å². The highest BCUT2D eigenvalue weighted by atomic mass is 16.1. The molecule has 0 bridgehead atoms. The van der Waals surface area contributed by atoms with Crippen molar-refractivity contribution >= 4 is 5.78 Å². The van der Waals surface area contributed by atoms with E-state index in [1.54, 1.807) is 0 Å². The standard InChI is InChI=1S/C7H13NO/c1-2-7(9)5-3-4-6-8/h2H,1,3-6,8H2/p+1. The zero-order valence-corrected chi connectivity index (χ0v) is 5.73. The van der Waals surface area contributed by atoms with Gasteiger partial charge in [0.15, 0.2) is 5.78 Å². The Morgan fingerprint density at radius 1 is 1.56 bits per heavy atom. The number of unbranched alkanes of at least 4 members (excludes halogenated alkanes) is 1. The number of hydrogen-bond acceptors (Lipinski definition) is 1.